The van der Waals surface area contributed by atoms with Crippen LogP contribution >= 0.6 is 0 Å². The summed E-state index contributed by atoms with van der Waals surface area (Å²) in [5.74, 6) is -0.114. The molecule has 0 spiro atoms. The van der Waals surface area contributed by atoms with Crippen molar-refractivity contribution in [1.29, 1.82) is 5.26 Å². The molecule has 0 fully saturated rings. The average Bonchev–Trinajstić information content (AvgIpc) is 2.82. The van der Waals surface area contributed by atoms with Gasteiger partial charge in [0.2, 0.25) is 11.9 Å². The van der Waals surface area contributed by atoms with Crippen molar-refractivity contribution >= 4 is 27.4 Å². The number of alkyl halides is 3. The largest absolute Gasteiger partial charge is 0.501 e. The molecule has 22 heavy (non-hydrogen) atoms. The fourth-order valence-electron chi connectivity index (χ4n) is 1.50. The molecule has 1 aromatic carbocycles. The highest BCUT2D eigenvalue weighted by Crippen LogP contribution is 2.33. The molecule has 0 saturated heterocycles. The van der Waals surface area contributed by atoms with Crippen molar-refractivity contribution in [2.24, 2.45) is 0 Å². The smallest absolute Gasteiger partial charge is 0.368 e. The molecule has 1 aromatic heterocycles. The number of anilines is 3. The van der Waals surface area contributed by atoms with E-state index in [1.165, 1.54) is 12.1 Å². The van der Waals surface area contributed by atoms with Gasteiger partial charge in [-0.3, -0.25) is 0 Å². The number of hydrogen-bond donors (Lipinski definition) is 3. The zero-order chi connectivity index (χ0) is 16.5. The summed E-state index contributed by atoms with van der Waals surface area (Å²) in [4.78, 5) is 2.50. The topological polar surface area (TPSA) is 138 Å². The van der Waals surface area contributed by atoms with Gasteiger partial charge in [-0.25, -0.2) is 13.5 Å². The van der Waals surface area contributed by atoms with Crippen molar-refractivity contribution in [3.05, 3.63) is 23.8 Å². The molecule has 0 bridgehead atoms. The lowest BCUT2D eigenvalue weighted by Crippen LogP contribution is -2.24. The Bertz CT molecular complexity index is 852. The van der Waals surface area contributed by atoms with E-state index < -0.39 is 25.8 Å². The molecule has 0 aliphatic carbocycles. The second-order valence-electron chi connectivity index (χ2n) is 3.94. The number of nitrogen functional groups attached to an aromatic ring is 1. The molecule has 0 amide bonds. The molecule has 0 aliphatic heterocycles. The molecular formula is C10H7F3N6O2S. The van der Waals surface area contributed by atoms with Crippen LogP contribution in [0.4, 0.5) is 30.8 Å². The van der Waals surface area contributed by atoms with Gasteiger partial charge < -0.3 is 11.1 Å². The second kappa shape index (κ2) is 5.19. The van der Waals surface area contributed by atoms with Gasteiger partial charge in [0.05, 0.1) is 10.5 Å². The molecule has 0 unspecified atom stereocenters. The molecule has 2 rings (SSSR count). The van der Waals surface area contributed by atoms with Crippen LogP contribution in [0.3, 0.4) is 0 Å². The van der Waals surface area contributed by atoms with E-state index in [0.717, 1.165) is 6.07 Å². The number of H-pyrrole nitrogens is 1. The van der Waals surface area contributed by atoms with Crippen molar-refractivity contribution < 1.29 is 21.6 Å². The Morgan fingerprint density at radius 3 is 2.55 bits per heavy atom. The molecule has 116 valence electrons. The molecule has 4 N–H and O–H groups in total. The molecule has 0 saturated carbocycles. The number of sulfone groups is 1. The highest BCUT2D eigenvalue weighted by atomic mass is 32.2. The van der Waals surface area contributed by atoms with Gasteiger partial charge in [-0.1, -0.05) is 0 Å². The van der Waals surface area contributed by atoms with Gasteiger partial charge in [-0.2, -0.15) is 23.4 Å². The minimum absolute atomic E-state index is 0.0423. The van der Waals surface area contributed by atoms with Crippen molar-refractivity contribution in [2.75, 3.05) is 11.1 Å². The van der Waals surface area contributed by atoms with Crippen LogP contribution in [0.5, 0.6) is 0 Å². The van der Waals surface area contributed by atoms with Crippen molar-refractivity contribution in [3.8, 4) is 6.07 Å². The maximum absolute atomic E-state index is 12.6. The van der Waals surface area contributed by atoms with E-state index >= 15 is 0 Å². The van der Waals surface area contributed by atoms with Crippen LogP contribution in [0, 0.1) is 11.3 Å². The van der Waals surface area contributed by atoms with Gasteiger partial charge in [0.15, 0.2) is 0 Å². The number of nitrogens with two attached hydrogens (primary N) is 1. The summed E-state index contributed by atoms with van der Waals surface area (Å²) in [6.07, 6.45) is 0. The number of nitrogens with zero attached hydrogens (tertiary/aromatic N) is 3. The molecule has 0 aliphatic rings. The van der Waals surface area contributed by atoms with Crippen LogP contribution in [0.2, 0.25) is 0 Å². The SMILES string of the molecule is N#Cc1ccc(Nc2n[nH]c(N)n2)cc1S(=O)(=O)C(F)(F)F. The number of aromatic nitrogens is 3. The third-order valence-electron chi connectivity index (χ3n) is 2.46. The molecule has 8 nitrogen and oxygen atoms in total. The number of aromatic amines is 1. The molecule has 1 heterocycles. The van der Waals surface area contributed by atoms with Crippen LogP contribution in [0.15, 0.2) is 23.1 Å². The monoisotopic (exact) mass is 332 g/mol. The zero-order valence-electron chi connectivity index (χ0n) is 10.5. The number of nitrogens with one attached hydrogen (secondary N) is 2. The first kappa shape index (κ1) is 15.6. The maximum atomic E-state index is 12.6. The first-order valence-electron chi connectivity index (χ1n) is 5.45. The van der Waals surface area contributed by atoms with Crippen molar-refractivity contribution in [1.82, 2.24) is 15.2 Å². The van der Waals surface area contributed by atoms with Crippen molar-refractivity contribution in [2.45, 2.75) is 10.4 Å². The highest BCUT2D eigenvalue weighted by molar-refractivity contribution is 7.92. The molecule has 0 atom stereocenters. The summed E-state index contributed by atoms with van der Waals surface area (Å²) in [5, 5.41) is 17.1. The van der Waals surface area contributed by atoms with E-state index in [1.54, 1.807) is 0 Å². The first-order chi connectivity index (χ1) is 10.1. The maximum Gasteiger partial charge on any atom is 0.501 e. The van der Waals surface area contributed by atoms with E-state index in [-0.39, 0.29) is 17.6 Å². The summed E-state index contributed by atoms with van der Waals surface area (Å²) < 4.78 is 60.9. The van der Waals surface area contributed by atoms with Crippen LogP contribution in [0.1, 0.15) is 5.56 Å². The normalized spacial score (nSPS) is 11.9. The third-order valence-corrected chi connectivity index (χ3v) is 3.98. The Morgan fingerprint density at radius 2 is 2.05 bits per heavy atom. The van der Waals surface area contributed by atoms with Gasteiger partial charge in [-0.05, 0) is 18.2 Å². The fourth-order valence-corrected chi connectivity index (χ4v) is 2.43. The summed E-state index contributed by atoms with van der Waals surface area (Å²) in [6, 6.07) is 4.23. The van der Waals surface area contributed by atoms with Gasteiger partial charge in [0.25, 0.3) is 9.84 Å². The highest BCUT2D eigenvalue weighted by Gasteiger charge is 2.48. The number of halogens is 3. The van der Waals surface area contributed by atoms with Crippen LogP contribution in [-0.4, -0.2) is 29.1 Å². The number of benzene rings is 1. The first-order valence-corrected chi connectivity index (χ1v) is 6.94. The lowest BCUT2D eigenvalue weighted by molar-refractivity contribution is -0.0436. The number of rotatable bonds is 3. The Hall–Kier alpha value is -2.81. The Morgan fingerprint density at radius 1 is 1.36 bits per heavy atom. The van der Waals surface area contributed by atoms with E-state index in [0.29, 0.717) is 6.07 Å². The summed E-state index contributed by atoms with van der Waals surface area (Å²) in [5.41, 5.74) is -0.927. The number of nitriles is 1. The summed E-state index contributed by atoms with van der Waals surface area (Å²) >= 11 is 0. The molecule has 12 heteroatoms. The lowest BCUT2D eigenvalue weighted by atomic mass is 10.2. The van der Waals surface area contributed by atoms with Gasteiger partial charge >= 0.3 is 5.51 Å². The van der Waals surface area contributed by atoms with E-state index in [4.69, 9.17) is 11.0 Å². The predicted octanol–water partition coefficient (Wildman–Crippen LogP) is 1.30. The molecule has 0 radical (unpaired) electrons. The molecular weight excluding hydrogens is 325 g/mol. The average molecular weight is 332 g/mol. The number of hydrogen-bond acceptors (Lipinski definition) is 7. The van der Waals surface area contributed by atoms with Crippen molar-refractivity contribution in [3.63, 3.8) is 0 Å². The minimum Gasteiger partial charge on any atom is -0.368 e. The fraction of sp³-hybridized carbons (Fsp3) is 0.100. The zero-order valence-corrected chi connectivity index (χ0v) is 11.3. The summed E-state index contributed by atoms with van der Waals surface area (Å²) in [6.45, 7) is 0. The Kier molecular flexibility index (Phi) is 3.67. The standard InChI is InChI=1S/C10H7F3N6O2S/c11-10(12,13)22(20,21)7-3-6(2-1-5(7)4-14)16-9-17-8(15)18-19-9/h1-3H,(H4,15,16,17,18,19). The predicted molar refractivity (Wildman–Crippen MR) is 68.5 cm³/mol. The quantitative estimate of drug-likeness (QED) is 0.770. The Labute approximate surface area is 121 Å². The van der Waals surface area contributed by atoms with Crippen LogP contribution in [-0.2, 0) is 9.84 Å². The van der Waals surface area contributed by atoms with Gasteiger partial charge in [-0.15, -0.1) is 5.10 Å². The van der Waals surface area contributed by atoms with Crippen LogP contribution in [0.25, 0.3) is 0 Å². The lowest BCUT2D eigenvalue weighted by Gasteiger charge is -2.11. The minimum atomic E-state index is -5.66. The summed E-state index contributed by atoms with van der Waals surface area (Å²) in [7, 11) is -5.66. The van der Waals surface area contributed by atoms with Gasteiger partial charge in [0.1, 0.15) is 6.07 Å². The Balaban J connectivity index is 2.50. The van der Waals surface area contributed by atoms with Gasteiger partial charge in [0, 0.05) is 5.69 Å². The van der Waals surface area contributed by atoms with E-state index in [2.05, 4.69) is 20.5 Å². The van der Waals surface area contributed by atoms with E-state index in [1.807, 2.05) is 0 Å². The van der Waals surface area contributed by atoms with Crippen LogP contribution < -0.4 is 11.1 Å². The third kappa shape index (κ3) is 2.79. The second-order valence-corrected chi connectivity index (χ2v) is 5.85. The molecule has 2 aromatic rings. The van der Waals surface area contributed by atoms with E-state index in [9.17, 15) is 21.6 Å².